The number of nitrogens with one attached hydrogen (secondary N) is 1. The maximum atomic E-state index is 12.8. The molecule has 2 atom stereocenters. The number of nitrogens with two attached hydrogens (primary N) is 1. The number of carboxylic acid groups (broad SMARTS) is 1. The molecule has 2 aliphatic heterocycles. The number of carboxylic acids is 1. The number of hydrogen-bond acceptors (Lipinski definition) is 14. The molecule has 33 heavy (non-hydrogen) atoms. The molecule has 3 N–H and O–H groups in total. The van der Waals surface area contributed by atoms with Gasteiger partial charge in [-0.2, -0.15) is 0 Å². The van der Waals surface area contributed by atoms with Crippen LogP contribution < -0.4 is 45.7 Å². The number of carbonyl (C=O) groups is 3. The summed E-state index contributed by atoms with van der Waals surface area (Å²) in [7, 11) is 1.27. The third-order valence-electron chi connectivity index (χ3n) is 4.42. The maximum Gasteiger partial charge on any atom is 1.00 e. The van der Waals surface area contributed by atoms with Crippen molar-refractivity contribution in [2.75, 3.05) is 24.3 Å². The van der Waals surface area contributed by atoms with Gasteiger partial charge in [-0.3, -0.25) is 14.5 Å². The second kappa shape index (κ2) is 11.2. The molecule has 1 saturated heterocycles. The number of fused-ring (bicyclic) bond motifs is 1. The molecule has 0 spiro atoms. The Kier molecular flexibility index (Phi) is 8.76. The molecule has 0 aliphatic carbocycles. The summed E-state index contributed by atoms with van der Waals surface area (Å²) in [5.41, 5.74) is 6.08. The van der Waals surface area contributed by atoms with Gasteiger partial charge in [0.2, 0.25) is 0 Å². The largest absolute Gasteiger partial charge is 1.00 e. The number of aromatic nitrogens is 3. The summed E-state index contributed by atoms with van der Waals surface area (Å²) in [6.07, 6.45) is 1.59. The molecule has 0 saturated carbocycles. The Morgan fingerprint density at radius 1 is 1.48 bits per heavy atom. The number of nitrogens with zero attached hydrogens (tertiary/aromatic N) is 5. The van der Waals surface area contributed by atoms with Gasteiger partial charge in [0.1, 0.15) is 28.4 Å². The van der Waals surface area contributed by atoms with E-state index >= 15 is 0 Å². The Balaban J connectivity index is 0.00000306. The SMILES string of the molecule is CON=C(C(=O)NC1C(=O)N2C(C(=O)[O-])=C(CSc3cnns3)CSC12)c1csc(N)n1.[Na+]. The first-order valence-electron chi connectivity index (χ1n) is 8.82. The number of carbonyl (C=O) groups excluding carboxylic acids is 3. The maximum absolute atomic E-state index is 12.8. The van der Waals surface area contributed by atoms with Crippen LogP contribution in [0.3, 0.4) is 0 Å². The van der Waals surface area contributed by atoms with E-state index in [2.05, 4.69) is 25.0 Å². The van der Waals surface area contributed by atoms with Gasteiger partial charge in [0.25, 0.3) is 11.8 Å². The Labute approximate surface area is 225 Å². The van der Waals surface area contributed by atoms with Crippen molar-refractivity contribution < 1.29 is 53.9 Å². The fourth-order valence-electron chi connectivity index (χ4n) is 3.06. The number of β-lactam (4-membered cyclic amide) rings is 1. The third kappa shape index (κ3) is 5.36. The molecule has 2 unspecified atom stereocenters. The minimum absolute atomic E-state index is 0. The first-order chi connectivity index (χ1) is 15.4. The van der Waals surface area contributed by atoms with Crippen molar-refractivity contribution in [2.45, 2.75) is 15.6 Å². The van der Waals surface area contributed by atoms with Crippen molar-refractivity contribution in [2.24, 2.45) is 5.16 Å². The minimum atomic E-state index is -1.44. The number of thioether (sulfide) groups is 2. The molecule has 12 nitrogen and oxygen atoms in total. The predicted octanol–water partition coefficient (Wildman–Crippen LogP) is -3.87. The number of oxime groups is 1. The van der Waals surface area contributed by atoms with Crippen molar-refractivity contribution in [3.63, 3.8) is 0 Å². The first kappa shape index (κ1) is 25.9. The molecule has 2 aliphatic rings. The summed E-state index contributed by atoms with van der Waals surface area (Å²) in [5, 5.41) is 23.0. The fourth-order valence-corrected chi connectivity index (χ4v) is 6.52. The van der Waals surface area contributed by atoms with Crippen molar-refractivity contribution in [1.82, 2.24) is 24.8 Å². The summed E-state index contributed by atoms with van der Waals surface area (Å²) < 4.78 is 4.59. The first-order valence-corrected chi connectivity index (χ1v) is 12.5. The van der Waals surface area contributed by atoms with Crippen molar-refractivity contribution in [3.05, 3.63) is 28.5 Å². The van der Waals surface area contributed by atoms with Gasteiger partial charge < -0.3 is 25.8 Å². The van der Waals surface area contributed by atoms with Crippen LogP contribution >= 0.6 is 46.4 Å². The van der Waals surface area contributed by atoms with Gasteiger partial charge in [0.15, 0.2) is 10.8 Å². The minimum Gasteiger partial charge on any atom is -0.543 e. The van der Waals surface area contributed by atoms with Crippen LogP contribution in [0.4, 0.5) is 5.13 Å². The van der Waals surface area contributed by atoms with E-state index in [0.29, 0.717) is 17.1 Å². The van der Waals surface area contributed by atoms with Gasteiger partial charge in [-0.1, -0.05) is 9.64 Å². The molecular weight excluding hydrogens is 521 g/mol. The number of thiazole rings is 1. The number of rotatable bonds is 8. The molecule has 4 heterocycles. The second-order valence-corrected chi connectivity index (χ2v) is 10.4. The van der Waals surface area contributed by atoms with Crippen LogP contribution in [0.1, 0.15) is 5.69 Å². The molecule has 2 aromatic heterocycles. The van der Waals surface area contributed by atoms with E-state index in [1.54, 1.807) is 6.20 Å². The zero-order valence-electron chi connectivity index (χ0n) is 17.2. The predicted molar refractivity (Wildman–Crippen MR) is 118 cm³/mol. The van der Waals surface area contributed by atoms with E-state index in [-0.39, 0.29) is 51.8 Å². The van der Waals surface area contributed by atoms with Gasteiger partial charge in [-0.05, 0) is 17.1 Å². The molecular formula is C16H14N7NaO5S4. The number of anilines is 1. The molecule has 168 valence electrons. The summed E-state index contributed by atoms with van der Waals surface area (Å²) in [5.74, 6) is -1.96. The Hall–Kier alpha value is -1.69. The molecule has 2 amide bonds. The summed E-state index contributed by atoms with van der Waals surface area (Å²) in [6, 6.07) is -0.931. The molecule has 0 aromatic carbocycles. The molecule has 0 radical (unpaired) electrons. The Morgan fingerprint density at radius 3 is 2.88 bits per heavy atom. The number of aliphatic carboxylic acids is 1. The van der Waals surface area contributed by atoms with Crippen LogP contribution in [0.25, 0.3) is 0 Å². The molecule has 4 rings (SSSR count). The van der Waals surface area contributed by atoms with Crippen molar-refractivity contribution in [3.8, 4) is 0 Å². The van der Waals surface area contributed by atoms with Gasteiger partial charge in [0, 0.05) is 16.9 Å². The van der Waals surface area contributed by atoms with Gasteiger partial charge in [0.05, 0.1) is 17.9 Å². The number of amides is 2. The van der Waals surface area contributed by atoms with Crippen LogP contribution in [0.5, 0.6) is 0 Å². The monoisotopic (exact) mass is 535 g/mol. The van der Waals surface area contributed by atoms with E-state index in [1.165, 1.54) is 47.5 Å². The molecule has 2 aromatic rings. The van der Waals surface area contributed by atoms with Crippen molar-refractivity contribution in [1.29, 1.82) is 0 Å². The number of hydrogen-bond donors (Lipinski definition) is 2. The molecule has 17 heteroatoms. The Morgan fingerprint density at radius 2 is 2.27 bits per heavy atom. The molecule has 1 fully saturated rings. The second-order valence-electron chi connectivity index (χ2n) is 6.32. The smallest absolute Gasteiger partial charge is 0.543 e. The summed E-state index contributed by atoms with van der Waals surface area (Å²) in [6.45, 7) is 0. The zero-order chi connectivity index (χ0) is 22.8. The van der Waals surface area contributed by atoms with Crippen LogP contribution in [0, 0.1) is 0 Å². The fraction of sp³-hybridized carbons (Fsp3) is 0.312. The van der Waals surface area contributed by atoms with Gasteiger partial charge in [-0.25, -0.2) is 4.98 Å². The van der Waals surface area contributed by atoms with E-state index < -0.39 is 29.2 Å². The standard InChI is InChI=1S/C16H15N7O5S4.Na/c1-28-21-9(7-5-31-16(17)19-7)12(24)20-10-13(25)23-11(15(26)27)6(4-30-14(10)23)3-29-8-2-18-22-32-8;/h2,5,10,14H,3-4H2,1H3,(H2,17,19)(H,20,24)(H,26,27);/q;+1/p-1. The van der Waals surface area contributed by atoms with Crippen LogP contribution in [0.2, 0.25) is 0 Å². The van der Waals surface area contributed by atoms with E-state index in [4.69, 9.17) is 10.6 Å². The average molecular weight is 536 g/mol. The quantitative estimate of drug-likeness (QED) is 0.111. The zero-order valence-corrected chi connectivity index (χ0v) is 22.5. The van der Waals surface area contributed by atoms with Gasteiger partial charge >= 0.3 is 29.6 Å². The summed E-state index contributed by atoms with van der Waals surface area (Å²) >= 11 is 5.06. The topological polar surface area (TPSA) is 176 Å². The number of nitrogen functional groups attached to an aromatic ring is 1. The Bertz CT molecular complexity index is 1120. The van der Waals surface area contributed by atoms with E-state index in [9.17, 15) is 19.5 Å². The van der Waals surface area contributed by atoms with Crippen LogP contribution in [-0.2, 0) is 19.2 Å². The van der Waals surface area contributed by atoms with Crippen molar-refractivity contribution >= 4 is 75.0 Å². The van der Waals surface area contributed by atoms with Crippen LogP contribution in [-0.4, -0.2) is 73.0 Å². The van der Waals surface area contributed by atoms with Crippen LogP contribution in [0.15, 0.2) is 32.2 Å². The van der Waals surface area contributed by atoms with E-state index in [0.717, 1.165) is 20.4 Å². The normalized spacial score (nSPS) is 20.0. The average Bonchev–Trinajstić information content (AvgIpc) is 3.45. The van der Waals surface area contributed by atoms with Gasteiger partial charge in [-0.15, -0.1) is 40.0 Å². The van der Waals surface area contributed by atoms with E-state index in [1.807, 2.05) is 0 Å². The third-order valence-corrected chi connectivity index (χ3v) is 8.35. The molecule has 0 bridgehead atoms. The summed E-state index contributed by atoms with van der Waals surface area (Å²) in [4.78, 5) is 47.2.